The van der Waals surface area contributed by atoms with Gasteiger partial charge in [0, 0.05) is 38.1 Å². The minimum absolute atomic E-state index is 0. The van der Waals surface area contributed by atoms with Crippen LogP contribution in [-0.2, 0) is 17.7 Å². The summed E-state index contributed by atoms with van der Waals surface area (Å²) in [6.07, 6.45) is 0.392. The molecule has 184 valence electrons. The molecule has 0 fully saturated rings. The van der Waals surface area contributed by atoms with Crippen molar-refractivity contribution < 1.29 is 9.53 Å². The van der Waals surface area contributed by atoms with Gasteiger partial charge in [0.15, 0.2) is 5.96 Å². The molecule has 1 atom stereocenters. The number of nitrogens with zero attached hydrogens (tertiary/aromatic N) is 3. The quantitative estimate of drug-likeness (QED) is 0.247. The summed E-state index contributed by atoms with van der Waals surface area (Å²) < 4.78 is 7.32. The van der Waals surface area contributed by atoms with Crippen molar-refractivity contribution in [2.45, 2.75) is 60.1 Å². The lowest BCUT2D eigenvalue weighted by Gasteiger charge is -2.19. The van der Waals surface area contributed by atoms with Gasteiger partial charge in [0.1, 0.15) is 5.60 Å². The van der Waals surface area contributed by atoms with Crippen molar-refractivity contribution in [3.05, 3.63) is 47.3 Å². The van der Waals surface area contributed by atoms with Crippen LogP contribution in [0.4, 0.5) is 10.5 Å². The summed E-state index contributed by atoms with van der Waals surface area (Å²) in [6.45, 7) is 14.3. The molecule has 9 heteroatoms. The average Bonchev–Trinajstić information content (AvgIpc) is 3.01. The highest BCUT2D eigenvalue weighted by Gasteiger charge is 2.16. The van der Waals surface area contributed by atoms with Crippen LogP contribution in [-0.4, -0.2) is 47.6 Å². The zero-order valence-corrected chi connectivity index (χ0v) is 23.2. The van der Waals surface area contributed by atoms with Crippen molar-refractivity contribution in [1.82, 2.24) is 20.4 Å². The Morgan fingerprint density at radius 2 is 1.85 bits per heavy atom. The van der Waals surface area contributed by atoms with Crippen LogP contribution >= 0.6 is 24.0 Å². The molecule has 8 nitrogen and oxygen atoms in total. The molecule has 0 saturated heterocycles. The summed E-state index contributed by atoms with van der Waals surface area (Å²) in [6, 6.07) is 9.86. The fourth-order valence-corrected chi connectivity index (χ4v) is 3.21. The molecule has 0 spiro atoms. The van der Waals surface area contributed by atoms with Crippen LogP contribution in [0, 0.1) is 19.8 Å². The van der Waals surface area contributed by atoms with Gasteiger partial charge in [-0.3, -0.25) is 15.0 Å². The molecule has 0 bridgehead atoms. The summed E-state index contributed by atoms with van der Waals surface area (Å²) in [5.41, 5.74) is 3.60. The van der Waals surface area contributed by atoms with E-state index in [1.165, 1.54) is 11.3 Å². The summed E-state index contributed by atoms with van der Waals surface area (Å²) in [7, 11) is 1.78. The number of aryl methyl sites for hydroxylation is 2. The lowest BCUT2D eigenvalue weighted by atomic mass is 10.1. The molecule has 3 N–H and O–H groups in total. The lowest BCUT2D eigenvalue weighted by molar-refractivity contribution is 0.0636. The molecule has 0 saturated carbocycles. The third kappa shape index (κ3) is 10.9. The topological polar surface area (TPSA) is 92.6 Å². The van der Waals surface area contributed by atoms with E-state index >= 15 is 0 Å². The van der Waals surface area contributed by atoms with Crippen molar-refractivity contribution in [3.63, 3.8) is 0 Å². The second-order valence-electron chi connectivity index (χ2n) is 9.17. The van der Waals surface area contributed by atoms with Crippen LogP contribution in [0.1, 0.15) is 44.6 Å². The predicted molar refractivity (Wildman–Crippen MR) is 146 cm³/mol. The van der Waals surface area contributed by atoms with Crippen LogP contribution < -0.4 is 16.0 Å². The van der Waals surface area contributed by atoms with E-state index in [9.17, 15) is 4.79 Å². The Kier molecular flexibility index (Phi) is 11.7. The molecule has 1 heterocycles. The number of carbonyl (C=O) groups excluding carboxylic acids is 1. The van der Waals surface area contributed by atoms with Crippen molar-refractivity contribution in [2.24, 2.45) is 10.9 Å². The maximum atomic E-state index is 11.9. The Hall–Kier alpha value is -2.30. The van der Waals surface area contributed by atoms with E-state index in [1.54, 1.807) is 7.05 Å². The summed E-state index contributed by atoms with van der Waals surface area (Å²) in [5.74, 6) is 1.20. The standard InChI is InChI=1S/C24H38N6O2.HI/c1-17(16-30-19(3)14-18(2)29-30)15-27-22(25-7)26-13-12-20-8-10-21(11-9-20)28-23(31)32-24(4,5)6;/h8-11,14,17H,12-13,15-16H2,1-7H3,(H,28,31)(H2,25,26,27);1H. The van der Waals surface area contributed by atoms with Gasteiger partial charge in [-0.25, -0.2) is 4.79 Å². The van der Waals surface area contributed by atoms with Gasteiger partial charge in [0.25, 0.3) is 0 Å². The zero-order chi connectivity index (χ0) is 23.7. The van der Waals surface area contributed by atoms with E-state index in [0.717, 1.165) is 37.7 Å². The maximum absolute atomic E-state index is 11.9. The van der Waals surface area contributed by atoms with E-state index in [0.29, 0.717) is 11.6 Å². The number of aromatic nitrogens is 2. The van der Waals surface area contributed by atoms with Gasteiger partial charge in [-0.15, -0.1) is 24.0 Å². The maximum Gasteiger partial charge on any atom is 0.412 e. The number of hydrogen-bond donors (Lipinski definition) is 3. The van der Waals surface area contributed by atoms with Gasteiger partial charge in [-0.1, -0.05) is 19.1 Å². The number of rotatable bonds is 8. The van der Waals surface area contributed by atoms with E-state index < -0.39 is 11.7 Å². The van der Waals surface area contributed by atoms with Crippen molar-refractivity contribution in [3.8, 4) is 0 Å². The number of ether oxygens (including phenoxy) is 1. The minimum atomic E-state index is -0.517. The molecule has 33 heavy (non-hydrogen) atoms. The van der Waals surface area contributed by atoms with Crippen molar-refractivity contribution in [2.75, 3.05) is 25.5 Å². The highest BCUT2D eigenvalue weighted by molar-refractivity contribution is 14.0. The first kappa shape index (κ1) is 28.7. The number of aliphatic imine (C=N–C) groups is 1. The van der Waals surface area contributed by atoms with E-state index in [2.05, 4.69) is 50.6 Å². The molecule has 0 radical (unpaired) electrons. The lowest BCUT2D eigenvalue weighted by Crippen LogP contribution is -2.40. The summed E-state index contributed by atoms with van der Waals surface area (Å²) in [4.78, 5) is 16.2. The van der Waals surface area contributed by atoms with Gasteiger partial charge in [0.05, 0.1) is 5.69 Å². The zero-order valence-electron chi connectivity index (χ0n) is 20.9. The number of halogens is 1. The smallest absolute Gasteiger partial charge is 0.412 e. The number of benzene rings is 1. The number of guanidine groups is 1. The number of amides is 1. The number of carbonyl (C=O) groups is 1. The molecule has 1 amide bonds. The summed E-state index contributed by atoms with van der Waals surface area (Å²) in [5, 5.41) is 14.0. The monoisotopic (exact) mass is 570 g/mol. The number of nitrogens with one attached hydrogen (secondary N) is 3. The number of hydrogen-bond acceptors (Lipinski definition) is 4. The fraction of sp³-hybridized carbons (Fsp3) is 0.542. The van der Waals surface area contributed by atoms with Crippen LogP contribution in [0.5, 0.6) is 0 Å². The largest absolute Gasteiger partial charge is 0.444 e. The van der Waals surface area contributed by atoms with Gasteiger partial charge >= 0.3 is 6.09 Å². The SMILES string of the molecule is CN=C(NCCc1ccc(NC(=O)OC(C)(C)C)cc1)NCC(C)Cn1nc(C)cc1C.I. The second kappa shape index (κ2) is 13.4. The summed E-state index contributed by atoms with van der Waals surface area (Å²) >= 11 is 0. The van der Waals surface area contributed by atoms with Gasteiger partial charge in [-0.05, 0) is 70.7 Å². The first-order chi connectivity index (χ1) is 15.1. The van der Waals surface area contributed by atoms with Crippen LogP contribution in [0.3, 0.4) is 0 Å². The molecular formula is C24H39IN6O2. The highest BCUT2D eigenvalue weighted by Crippen LogP contribution is 2.13. The Morgan fingerprint density at radius 3 is 2.39 bits per heavy atom. The average molecular weight is 571 g/mol. The number of anilines is 1. The minimum Gasteiger partial charge on any atom is -0.444 e. The Balaban J connectivity index is 0.00000544. The fourth-order valence-electron chi connectivity index (χ4n) is 3.21. The Morgan fingerprint density at radius 1 is 1.18 bits per heavy atom. The molecular weight excluding hydrogens is 531 g/mol. The van der Waals surface area contributed by atoms with E-state index in [4.69, 9.17) is 4.74 Å². The third-order valence-electron chi connectivity index (χ3n) is 4.73. The second-order valence-corrected chi connectivity index (χ2v) is 9.17. The van der Waals surface area contributed by atoms with Crippen molar-refractivity contribution in [1.29, 1.82) is 0 Å². The molecule has 1 aromatic carbocycles. The normalized spacial score (nSPS) is 12.5. The first-order valence-corrected chi connectivity index (χ1v) is 11.1. The van der Waals surface area contributed by atoms with E-state index in [-0.39, 0.29) is 24.0 Å². The van der Waals surface area contributed by atoms with E-state index in [1.807, 2.05) is 52.0 Å². The third-order valence-corrected chi connectivity index (χ3v) is 4.73. The molecule has 2 aromatic rings. The van der Waals surface area contributed by atoms with Gasteiger partial charge in [0.2, 0.25) is 0 Å². The molecule has 1 unspecified atom stereocenters. The van der Waals surface area contributed by atoms with Crippen LogP contribution in [0.15, 0.2) is 35.3 Å². The molecule has 0 aliphatic heterocycles. The van der Waals surface area contributed by atoms with Crippen molar-refractivity contribution >= 4 is 41.7 Å². The Bertz CT molecular complexity index is 903. The van der Waals surface area contributed by atoms with Gasteiger partial charge < -0.3 is 15.4 Å². The molecule has 0 aliphatic rings. The predicted octanol–water partition coefficient (Wildman–Crippen LogP) is 4.51. The van der Waals surface area contributed by atoms with Crippen LogP contribution in [0.2, 0.25) is 0 Å². The van der Waals surface area contributed by atoms with Gasteiger partial charge in [-0.2, -0.15) is 5.10 Å². The van der Waals surface area contributed by atoms with Crippen LogP contribution in [0.25, 0.3) is 0 Å². The highest BCUT2D eigenvalue weighted by atomic mass is 127. The molecule has 1 aromatic heterocycles. The molecule has 0 aliphatic carbocycles. The molecule has 2 rings (SSSR count). The Labute approximate surface area is 215 Å². The first-order valence-electron chi connectivity index (χ1n) is 11.1.